The number of morpholine rings is 1. The van der Waals surface area contributed by atoms with E-state index in [-0.39, 0.29) is 18.5 Å². The monoisotopic (exact) mass is 340 g/mol. The second-order valence-corrected chi connectivity index (χ2v) is 6.27. The molecule has 25 heavy (non-hydrogen) atoms. The second kappa shape index (κ2) is 6.33. The fourth-order valence-corrected chi connectivity index (χ4v) is 3.34. The third-order valence-electron chi connectivity index (χ3n) is 4.59. The molecule has 3 heterocycles. The number of carbonyl (C=O) groups is 1. The number of para-hydroxylation sites is 1. The van der Waals surface area contributed by atoms with E-state index in [0.717, 1.165) is 16.6 Å². The summed E-state index contributed by atoms with van der Waals surface area (Å²) in [5, 5.41) is 9.08. The van der Waals surface area contributed by atoms with Gasteiger partial charge in [0.1, 0.15) is 12.6 Å². The van der Waals surface area contributed by atoms with Crippen LogP contribution in [0.3, 0.4) is 0 Å². The van der Waals surface area contributed by atoms with Crippen LogP contribution in [0.2, 0.25) is 0 Å². The third-order valence-corrected chi connectivity index (χ3v) is 4.59. The van der Waals surface area contributed by atoms with Crippen LogP contribution in [-0.2, 0) is 16.1 Å². The second-order valence-electron chi connectivity index (χ2n) is 6.27. The van der Waals surface area contributed by atoms with Crippen LogP contribution in [0.5, 0.6) is 0 Å². The smallest absolute Gasteiger partial charge is 0.243 e. The Kier molecular flexibility index (Phi) is 4.01. The molecule has 1 atom stereocenters. The first-order valence-corrected chi connectivity index (χ1v) is 8.35. The van der Waals surface area contributed by atoms with E-state index in [0.29, 0.717) is 31.5 Å². The number of aromatic nitrogens is 3. The molecule has 0 N–H and O–H groups in total. The highest BCUT2D eigenvalue weighted by Crippen LogP contribution is 2.25. The van der Waals surface area contributed by atoms with Crippen LogP contribution in [-0.4, -0.2) is 45.3 Å². The third kappa shape index (κ3) is 2.91. The standard InChI is InChI=1S/C18H20N4O3/c1-12-9-14-5-3-4-6-15(14)22(12)10-17(23)21-7-8-24-11-16(21)18-20-19-13(2)25-18/h3-6,9,16H,7-8,10-11H2,1-2H3. The van der Waals surface area contributed by atoms with Crippen LogP contribution in [0, 0.1) is 13.8 Å². The van der Waals surface area contributed by atoms with Crippen molar-refractivity contribution in [2.24, 2.45) is 0 Å². The molecule has 0 radical (unpaired) electrons. The van der Waals surface area contributed by atoms with Gasteiger partial charge in [0.05, 0.1) is 13.2 Å². The average Bonchev–Trinajstić information content (AvgIpc) is 3.19. The van der Waals surface area contributed by atoms with Crippen molar-refractivity contribution in [3.05, 3.63) is 47.8 Å². The van der Waals surface area contributed by atoms with Gasteiger partial charge >= 0.3 is 0 Å². The van der Waals surface area contributed by atoms with Crippen molar-refractivity contribution in [2.75, 3.05) is 19.8 Å². The van der Waals surface area contributed by atoms with Crippen molar-refractivity contribution in [1.29, 1.82) is 0 Å². The van der Waals surface area contributed by atoms with Gasteiger partial charge in [-0.25, -0.2) is 0 Å². The molecular formula is C18H20N4O3. The Morgan fingerprint density at radius 3 is 2.92 bits per heavy atom. The van der Waals surface area contributed by atoms with Gasteiger partial charge in [0.2, 0.25) is 17.7 Å². The summed E-state index contributed by atoms with van der Waals surface area (Å²) < 4.78 is 13.1. The number of aryl methyl sites for hydroxylation is 2. The summed E-state index contributed by atoms with van der Waals surface area (Å²) >= 11 is 0. The van der Waals surface area contributed by atoms with Crippen LogP contribution in [0.1, 0.15) is 23.5 Å². The lowest BCUT2D eigenvalue weighted by Gasteiger charge is -2.33. The van der Waals surface area contributed by atoms with E-state index in [1.54, 1.807) is 11.8 Å². The lowest BCUT2D eigenvalue weighted by molar-refractivity contribution is -0.141. The Morgan fingerprint density at radius 1 is 1.28 bits per heavy atom. The number of carbonyl (C=O) groups excluding carboxylic acids is 1. The Bertz CT molecular complexity index is 914. The minimum Gasteiger partial charge on any atom is -0.423 e. The minimum absolute atomic E-state index is 0.0219. The van der Waals surface area contributed by atoms with E-state index in [4.69, 9.17) is 9.15 Å². The average molecular weight is 340 g/mol. The maximum atomic E-state index is 13.0. The number of hydrogen-bond donors (Lipinski definition) is 0. The quantitative estimate of drug-likeness (QED) is 0.731. The maximum absolute atomic E-state index is 13.0. The zero-order chi connectivity index (χ0) is 17.4. The van der Waals surface area contributed by atoms with Gasteiger partial charge in [0.15, 0.2) is 0 Å². The first kappa shape index (κ1) is 15.8. The van der Waals surface area contributed by atoms with E-state index >= 15 is 0 Å². The maximum Gasteiger partial charge on any atom is 0.243 e. The Morgan fingerprint density at radius 2 is 2.12 bits per heavy atom. The summed E-state index contributed by atoms with van der Waals surface area (Å²) in [6.07, 6.45) is 0. The first-order valence-electron chi connectivity index (χ1n) is 8.35. The van der Waals surface area contributed by atoms with Crippen molar-refractivity contribution in [3.8, 4) is 0 Å². The van der Waals surface area contributed by atoms with Gasteiger partial charge in [-0.2, -0.15) is 0 Å². The summed E-state index contributed by atoms with van der Waals surface area (Å²) in [5.74, 6) is 0.938. The number of hydrogen-bond acceptors (Lipinski definition) is 5. The molecule has 1 fully saturated rings. The SMILES string of the molecule is Cc1nnc(C2COCCN2C(=O)Cn2c(C)cc3ccccc32)o1. The number of nitrogens with zero attached hydrogens (tertiary/aromatic N) is 4. The van der Waals surface area contributed by atoms with Crippen molar-refractivity contribution in [2.45, 2.75) is 26.4 Å². The molecule has 7 heteroatoms. The zero-order valence-electron chi connectivity index (χ0n) is 14.3. The van der Waals surface area contributed by atoms with E-state index in [1.165, 1.54) is 0 Å². The van der Waals surface area contributed by atoms with Crippen molar-refractivity contribution < 1.29 is 13.9 Å². The Hall–Kier alpha value is -2.67. The van der Waals surface area contributed by atoms with Gasteiger partial charge in [-0.3, -0.25) is 4.79 Å². The summed E-state index contributed by atoms with van der Waals surface area (Å²) in [6, 6.07) is 9.85. The van der Waals surface area contributed by atoms with Crippen molar-refractivity contribution in [1.82, 2.24) is 19.7 Å². The molecule has 7 nitrogen and oxygen atoms in total. The molecule has 0 saturated carbocycles. The predicted molar refractivity (Wildman–Crippen MR) is 91.0 cm³/mol. The fraction of sp³-hybridized carbons (Fsp3) is 0.389. The zero-order valence-corrected chi connectivity index (χ0v) is 14.3. The molecule has 1 amide bonds. The molecule has 0 aliphatic carbocycles. The summed E-state index contributed by atoms with van der Waals surface area (Å²) in [4.78, 5) is 14.8. The number of amides is 1. The number of fused-ring (bicyclic) bond motifs is 1. The van der Waals surface area contributed by atoms with Crippen LogP contribution in [0.4, 0.5) is 0 Å². The first-order chi connectivity index (χ1) is 12.1. The molecule has 1 unspecified atom stereocenters. The van der Waals surface area contributed by atoms with E-state index in [9.17, 15) is 4.79 Å². The minimum atomic E-state index is -0.329. The summed E-state index contributed by atoms with van der Waals surface area (Å²) in [5.41, 5.74) is 2.12. The lowest BCUT2D eigenvalue weighted by Crippen LogP contribution is -2.45. The van der Waals surface area contributed by atoms with E-state index in [2.05, 4.69) is 22.3 Å². The van der Waals surface area contributed by atoms with E-state index in [1.807, 2.05) is 29.7 Å². The number of benzene rings is 1. The Labute approximate surface area is 145 Å². The van der Waals surface area contributed by atoms with Crippen LogP contribution >= 0.6 is 0 Å². The summed E-state index contributed by atoms with van der Waals surface area (Å²) in [7, 11) is 0. The molecule has 130 valence electrons. The highest BCUT2D eigenvalue weighted by Gasteiger charge is 2.32. The van der Waals surface area contributed by atoms with Crippen LogP contribution in [0.15, 0.2) is 34.7 Å². The number of ether oxygens (including phenoxy) is 1. The molecule has 0 bridgehead atoms. The van der Waals surface area contributed by atoms with Gasteiger partial charge in [-0.15, -0.1) is 10.2 Å². The van der Waals surface area contributed by atoms with Crippen molar-refractivity contribution in [3.63, 3.8) is 0 Å². The highest BCUT2D eigenvalue weighted by atomic mass is 16.5. The molecule has 3 aromatic rings. The molecular weight excluding hydrogens is 320 g/mol. The van der Waals surface area contributed by atoms with Gasteiger partial charge in [0, 0.05) is 24.7 Å². The van der Waals surface area contributed by atoms with E-state index < -0.39 is 0 Å². The largest absolute Gasteiger partial charge is 0.423 e. The molecule has 0 spiro atoms. The summed E-state index contributed by atoms with van der Waals surface area (Å²) in [6.45, 7) is 5.44. The molecule has 1 aliphatic rings. The molecule has 1 aliphatic heterocycles. The van der Waals surface area contributed by atoms with Crippen molar-refractivity contribution >= 4 is 16.8 Å². The fourth-order valence-electron chi connectivity index (χ4n) is 3.34. The van der Waals surface area contributed by atoms with Crippen LogP contribution in [0.25, 0.3) is 10.9 Å². The normalized spacial score (nSPS) is 18.0. The predicted octanol–water partition coefficient (Wildman–Crippen LogP) is 2.24. The number of rotatable bonds is 3. The Balaban J connectivity index is 1.61. The molecule has 2 aromatic heterocycles. The molecule has 4 rings (SSSR count). The van der Waals surface area contributed by atoms with Gasteiger partial charge in [-0.1, -0.05) is 18.2 Å². The van der Waals surface area contributed by atoms with Gasteiger partial charge in [-0.05, 0) is 24.4 Å². The topological polar surface area (TPSA) is 73.4 Å². The molecule has 1 aromatic carbocycles. The van der Waals surface area contributed by atoms with Crippen LogP contribution < -0.4 is 0 Å². The molecule has 1 saturated heterocycles. The lowest BCUT2D eigenvalue weighted by atomic mass is 10.2. The van der Waals surface area contributed by atoms with Gasteiger partial charge < -0.3 is 18.6 Å². The highest BCUT2D eigenvalue weighted by molar-refractivity contribution is 5.84. The van der Waals surface area contributed by atoms with Gasteiger partial charge in [0.25, 0.3) is 0 Å².